The second-order valence-corrected chi connectivity index (χ2v) is 6.21. The summed E-state index contributed by atoms with van der Waals surface area (Å²) in [5.74, 6) is -0.217. The van der Waals surface area contributed by atoms with E-state index in [0.717, 1.165) is 12.1 Å². The minimum Gasteiger partial charge on any atom is -0.350 e. The molecular weight excluding hydrogens is 359 g/mol. The Bertz CT molecular complexity index is 803. The Labute approximate surface area is 155 Å². The van der Waals surface area contributed by atoms with Crippen molar-refractivity contribution in [1.82, 2.24) is 10.6 Å². The highest BCUT2D eigenvalue weighted by atomic mass is 19.4. The minimum absolute atomic E-state index is 0.0110. The van der Waals surface area contributed by atoms with Crippen LogP contribution in [0.15, 0.2) is 48.5 Å². The SMILES string of the molecule is CC(C)NC(=O)c1ccc(NC(=O)NCc2cccc(C(F)(F)F)c2)cc1. The first-order valence-electron chi connectivity index (χ1n) is 8.27. The van der Waals surface area contributed by atoms with E-state index < -0.39 is 17.8 Å². The van der Waals surface area contributed by atoms with Crippen LogP contribution in [0, 0.1) is 0 Å². The molecule has 8 heteroatoms. The number of urea groups is 1. The summed E-state index contributed by atoms with van der Waals surface area (Å²) >= 11 is 0. The van der Waals surface area contributed by atoms with Gasteiger partial charge in [-0.1, -0.05) is 12.1 Å². The lowest BCUT2D eigenvalue weighted by molar-refractivity contribution is -0.137. The third-order valence-corrected chi connectivity index (χ3v) is 3.53. The van der Waals surface area contributed by atoms with Crippen molar-refractivity contribution in [2.24, 2.45) is 0 Å². The van der Waals surface area contributed by atoms with Gasteiger partial charge in [0, 0.05) is 23.8 Å². The second-order valence-electron chi connectivity index (χ2n) is 6.21. The van der Waals surface area contributed by atoms with Crippen molar-refractivity contribution in [3.05, 3.63) is 65.2 Å². The fraction of sp³-hybridized carbons (Fsp3) is 0.263. The first-order chi connectivity index (χ1) is 12.6. The molecule has 0 saturated heterocycles. The van der Waals surface area contributed by atoms with Crippen molar-refractivity contribution in [2.45, 2.75) is 32.6 Å². The van der Waals surface area contributed by atoms with Crippen molar-refractivity contribution in [3.8, 4) is 0 Å². The van der Waals surface area contributed by atoms with Gasteiger partial charge in [-0.25, -0.2) is 4.79 Å². The standard InChI is InChI=1S/C19H20F3N3O2/c1-12(2)24-17(26)14-6-8-16(9-7-14)25-18(27)23-11-13-4-3-5-15(10-13)19(20,21)22/h3-10,12H,11H2,1-2H3,(H,24,26)(H2,23,25,27). The van der Waals surface area contributed by atoms with Gasteiger partial charge in [0.1, 0.15) is 0 Å². The minimum atomic E-state index is -4.43. The van der Waals surface area contributed by atoms with Gasteiger partial charge in [-0.05, 0) is 55.8 Å². The van der Waals surface area contributed by atoms with Crippen LogP contribution in [0.25, 0.3) is 0 Å². The van der Waals surface area contributed by atoms with Gasteiger partial charge >= 0.3 is 12.2 Å². The van der Waals surface area contributed by atoms with Crippen LogP contribution >= 0.6 is 0 Å². The maximum absolute atomic E-state index is 12.7. The first kappa shape index (κ1) is 20.3. The van der Waals surface area contributed by atoms with Crippen molar-refractivity contribution < 1.29 is 22.8 Å². The molecule has 144 valence electrons. The maximum atomic E-state index is 12.7. The van der Waals surface area contributed by atoms with E-state index in [2.05, 4.69) is 16.0 Å². The summed E-state index contributed by atoms with van der Waals surface area (Å²) in [7, 11) is 0. The smallest absolute Gasteiger partial charge is 0.350 e. The third kappa shape index (κ3) is 6.32. The topological polar surface area (TPSA) is 70.2 Å². The Hall–Kier alpha value is -3.03. The summed E-state index contributed by atoms with van der Waals surface area (Å²) in [5.41, 5.74) is 0.481. The monoisotopic (exact) mass is 379 g/mol. The zero-order chi connectivity index (χ0) is 20.0. The Morgan fingerprint density at radius 3 is 2.30 bits per heavy atom. The van der Waals surface area contributed by atoms with Crippen LogP contribution in [0.4, 0.5) is 23.7 Å². The lowest BCUT2D eigenvalue weighted by Crippen LogP contribution is -2.30. The van der Waals surface area contributed by atoms with Gasteiger partial charge in [-0.3, -0.25) is 4.79 Å². The molecule has 2 rings (SSSR count). The van der Waals surface area contributed by atoms with Crippen LogP contribution in [-0.2, 0) is 12.7 Å². The van der Waals surface area contributed by atoms with E-state index in [-0.39, 0.29) is 18.5 Å². The molecule has 5 nitrogen and oxygen atoms in total. The van der Waals surface area contributed by atoms with Gasteiger partial charge in [0.05, 0.1) is 5.56 Å². The van der Waals surface area contributed by atoms with E-state index in [0.29, 0.717) is 16.8 Å². The first-order valence-corrected chi connectivity index (χ1v) is 8.27. The molecule has 27 heavy (non-hydrogen) atoms. The highest BCUT2D eigenvalue weighted by Crippen LogP contribution is 2.29. The van der Waals surface area contributed by atoms with E-state index >= 15 is 0 Å². The molecule has 0 radical (unpaired) electrons. The number of alkyl halides is 3. The quantitative estimate of drug-likeness (QED) is 0.730. The summed E-state index contributed by atoms with van der Waals surface area (Å²) in [6.45, 7) is 3.65. The molecule has 0 bridgehead atoms. The Morgan fingerprint density at radius 1 is 1.04 bits per heavy atom. The molecule has 0 aliphatic carbocycles. The Kier molecular flexibility index (Phi) is 6.44. The van der Waals surface area contributed by atoms with E-state index in [1.165, 1.54) is 12.1 Å². The van der Waals surface area contributed by atoms with Crippen molar-refractivity contribution in [2.75, 3.05) is 5.32 Å². The van der Waals surface area contributed by atoms with Gasteiger partial charge in [-0.15, -0.1) is 0 Å². The van der Waals surface area contributed by atoms with Crippen molar-refractivity contribution in [3.63, 3.8) is 0 Å². The molecule has 0 saturated carbocycles. The van der Waals surface area contributed by atoms with Gasteiger partial charge in [-0.2, -0.15) is 13.2 Å². The van der Waals surface area contributed by atoms with Crippen LogP contribution < -0.4 is 16.0 Å². The van der Waals surface area contributed by atoms with Crippen LogP contribution in [0.5, 0.6) is 0 Å². The molecule has 0 spiro atoms. The van der Waals surface area contributed by atoms with Crippen molar-refractivity contribution >= 4 is 17.6 Å². The molecule has 0 aliphatic rings. The molecule has 2 aromatic rings. The largest absolute Gasteiger partial charge is 0.416 e. The number of hydrogen-bond acceptors (Lipinski definition) is 2. The van der Waals surface area contributed by atoms with Crippen LogP contribution in [0.1, 0.15) is 35.3 Å². The number of nitrogens with one attached hydrogen (secondary N) is 3. The van der Waals surface area contributed by atoms with Crippen LogP contribution in [0.3, 0.4) is 0 Å². The summed E-state index contributed by atoms with van der Waals surface area (Å²) < 4.78 is 38.1. The fourth-order valence-corrected chi connectivity index (χ4v) is 2.27. The molecule has 0 unspecified atom stereocenters. The average molecular weight is 379 g/mol. The van der Waals surface area contributed by atoms with Gasteiger partial charge in [0.15, 0.2) is 0 Å². The fourth-order valence-electron chi connectivity index (χ4n) is 2.27. The second kappa shape index (κ2) is 8.57. The average Bonchev–Trinajstić information content (AvgIpc) is 2.59. The third-order valence-electron chi connectivity index (χ3n) is 3.53. The molecule has 0 heterocycles. The number of benzene rings is 2. The molecule has 0 atom stereocenters. The van der Waals surface area contributed by atoms with Crippen molar-refractivity contribution in [1.29, 1.82) is 0 Å². The van der Waals surface area contributed by atoms with E-state index in [4.69, 9.17) is 0 Å². The normalized spacial score (nSPS) is 11.2. The van der Waals surface area contributed by atoms with Gasteiger partial charge < -0.3 is 16.0 Å². The number of hydrogen-bond donors (Lipinski definition) is 3. The zero-order valence-electron chi connectivity index (χ0n) is 14.9. The highest BCUT2D eigenvalue weighted by molar-refractivity contribution is 5.95. The Morgan fingerprint density at radius 2 is 1.70 bits per heavy atom. The number of halogens is 3. The molecule has 0 aliphatic heterocycles. The zero-order valence-corrected chi connectivity index (χ0v) is 14.9. The van der Waals surface area contributed by atoms with Gasteiger partial charge in [0.25, 0.3) is 5.91 Å². The number of rotatable bonds is 5. The van der Waals surface area contributed by atoms with E-state index in [1.54, 1.807) is 24.3 Å². The van der Waals surface area contributed by atoms with E-state index in [1.807, 2.05) is 13.8 Å². The Balaban J connectivity index is 1.90. The lowest BCUT2D eigenvalue weighted by atomic mass is 10.1. The molecule has 2 aromatic carbocycles. The van der Waals surface area contributed by atoms with Gasteiger partial charge in [0.2, 0.25) is 0 Å². The van der Waals surface area contributed by atoms with Crippen LogP contribution in [-0.4, -0.2) is 18.0 Å². The van der Waals surface area contributed by atoms with E-state index in [9.17, 15) is 22.8 Å². The highest BCUT2D eigenvalue weighted by Gasteiger charge is 2.30. The molecule has 0 fully saturated rings. The number of amides is 3. The summed E-state index contributed by atoms with van der Waals surface area (Å²) in [4.78, 5) is 23.8. The molecule has 0 aromatic heterocycles. The predicted octanol–water partition coefficient (Wildman–Crippen LogP) is 4.17. The lowest BCUT2D eigenvalue weighted by Gasteiger charge is -2.11. The summed E-state index contributed by atoms with van der Waals surface area (Å²) in [5, 5.41) is 7.81. The molecular formula is C19H20F3N3O2. The number of carbonyl (C=O) groups excluding carboxylic acids is 2. The predicted molar refractivity (Wildman–Crippen MR) is 96.3 cm³/mol. The maximum Gasteiger partial charge on any atom is 0.416 e. The number of carbonyl (C=O) groups is 2. The number of anilines is 1. The molecule has 3 N–H and O–H groups in total. The summed E-state index contributed by atoms with van der Waals surface area (Å²) in [6.07, 6.45) is -4.43. The molecule has 3 amide bonds. The van der Waals surface area contributed by atoms with Crippen LogP contribution in [0.2, 0.25) is 0 Å². The summed E-state index contributed by atoms with van der Waals surface area (Å²) in [6, 6.07) is 10.5.